The number of nitrogens with zero attached hydrogens (tertiary/aromatic N) is 1. The van der Waals surface area contributed by atoms with E-state index in [4.69, 9.17) is 15.2 Å². The molecular weight excluding hydrogens is 170 g/mol. The first-order chi connectivity index (χ1) is 6.35. The van der Waals surface area contributed by atoms with E-state index in [1.54, 1.807) is 6.26 Å². The molecule has 0 amide bonds. The Labute approximate surface area is 76.0 Å². The molecule has 0 spiro atoms. The fourth-order valence-corrected chi connectivity index (χ4v) is 0.690. The van der Waals surface area contributed by atoms with Gasteiger partial charge in [-0.3, -0.25) is 4.79 Å². The van der Waals surface area contributed by atoms with Gasteiger partial charge in [-0.05, 0) is 5.56 Å². The lowest BCUT2D eigenvalue weighted by Gasteiger charge is -1.94. The summed E-state index contributed by atoms with van der Waals surface area (Å²) < 4.78 is 4.53. The number of hydrogen-bond acceptors (Lipinski definition) is 3. The highest BCUT2D eigenvalue weighted by Crippen LogP contribution is 1.98. The minimum Gasteiger partial charge on any atom is -0.483 e. The molecule has 4 heteroatoms. The molecule has 0 saturated heterocycles. The van der Waals surface area contributed by atoms with Crippen LogP contribution >= 0.6 is 0 Å². The van der Waals surface area contributed by atoms with Crippen molar-refractivity contribution in [3.63, 3.8) is 0 Å². The summed E-state index contributed by atoms with van der Waals surface area (Å²) in [5, 5.41) is 14.9. The van der Waals surface area contributed by atoms with Crippen molar-refractivity contribution in [3.8, 4) is 6.26 Å². The van der Waals surface area contributed by atoms with Crippen LogP contribution in [0.1, 0.15) is 5.56 Å². The minimum atomic E-state index is -0.250. The zero-order valence-corrected chi connectivity index (χ0v) is 6.88. The van der Waals surface area contributed by atoms with Crippen LogP contribution in [0.15, 0.2) is 30.3 Å². The van der Waals surface area contributed by atoms with Crippen LogP contribution in [0.3, 0.4) is 0 Å². The second-order valence-corrected chi connectivity index (χ2v) is 1.97. The number of rotatable bonds is 2. The Hall–Kier alpha value is -2.02. The quantitative estimate of drug-likeness (QED) is 0.550. The summed E-state index contributed by atoms with van der Waals surface area (Å²) in [6, 6.07) is 9.58. The van der Waals surface area contributed by atoms with Crippen LogP contribution in [0.4, 0.5) is 0 Å². The van der Waals surface area contributed by atoms with Crippen molar-refractivity contribution in [2.75, 3.05) is 0 Å². The summed E-state index contributed by atoms with van der Waals surface area (Å²) in [5.74, 6) is 0. The Morgan fingerprint density at radius 2 is 2.00 bits per heavy atom. The van der Waals surface area contributed by atoms with Gasteiger partial charge < -0.3 is 9.84 Å². The Morgan fingerprint density at radius 1 is 1.46 bits per heavy atom. The highest BCUT2D eigenvalue weighted by Gasteiger charge is 1.87. The Balaban J connectivity index is 0.000000424. The SMILES string of the molecule is N#COCc1ccccc1.O=CO. The van der Waals surface area contributed by atoms with E-state index in [1.165, 1.54) is 0 Å². The topological polar surface area (TPSA) is 70.3 Å². The van der Waals surface area contributed by atoms with E-state index in [1.807, 2.05) is 30.3 Å². The van der Waals surface area contributed by atoms with E-state index in [-0.39, 0.29) is 6.47 Å². The second kappa shape index (κ2) is 8.08. The van der Waals surface area contributed by atoms with Crippen molar-refractivity contribution in [2.45, 2.75) is 6.61 Å². The lowest BCUT2D eigenvalue weighted by atomic mass is 10.2. The van der Waals surface area contributed by atoms with Gasteiger partial charge in [0.05, 0.1) is 0 Å². The van der Waals surface area contributed by atoms with Crippen LogP contribution in [0, 0.1) is 11.5 Å². The van der Waals surface area contributed by atoms with Crippen LogP contribution in [0.2, 0.25) is 0 Å². The van der Waals surface area contributed by atoms with Gasteiger partial charge in [0.1, 0.15) is 6.61 Å². The summed E-state index contributed by atoms with van der Waals surface area (Å²) in [7, 11) is 0. The van der Waals surface area contributed by atoms with Gasteiger partial charge in [0.2, 0.25) is 0 Å². The first-order valence-corrected chi connectivity index (χ1v) is 3.47. The zero-order chi connectivity index (χ0) is 9.94. The number of carboxylic acid groups (broad SMARTS) is 1. The van der Waals surface area contributed by atoms with Crippen molar-refractivity contribution in [3.05, 3.63) is 35.9 Å². The molecular formula is C9H9NO3. The molecule has 0 heterocycles. The molecule has 0 bridgehead atoms. The summed E-state index contributed by atoms with van der Waals surface area (Å²) in [4.78, 5) is 8.36. The summed E-state index contributed by atoms with van der Waals surface area (Å²) in [5.41, 5.74) is 1.02. The highest BCUT2D eigenvalue weighted by molar-refractivity contribution is 5.32. The summed E-state index contributed by atoms with van der Waals surface area (Å²) in [6.45, 7) is 0.122. The molecule has 0 fully saturated rings. The number of carbonyl (C=O) groups is 1. The molecule has 0 atom stereocenters. The molecule has 1 aromatic carbocycles. The maximum atomic E-state index is 8.36. The number of benzene rings is 1. The lowest BCUT2D eigenvalue weighted by Crippen LogP contribution is -1.84. The molecule has 1 rings (SSSR count). The number of ether oxygens (including phenoxy) is 1. The van der Waals surface area contributed by atoms with E-state index in [9.17, 15) is 0 Å². The molecule has 0 aliphatic heterocycles. The van der Waals surface area contributed by atoms with Gasteiger partial charge in [-0.2, -0.15) is 5.26 Å². The van der Waals surface area contributed by atoms with Gasteiger partial charge in [0.25, 0.3) is 12.7 Å². The van der Waals surface area contributed by atoms with Crippen molar-refractivity contribution < 1.29 is 14.6 Å². The normalized spacial score (nSPS) is 7.31. The predicted octanol–water partition coefficient (Wildman–Crippen LogP) is 1.39. The van der Waals surface area contributed by atoms with Crippen molar-refractivity contribution >= 4 is 6.47 Å². The molecule has 0 aromatic heterocycles. The largest absolute Gasteiger partial charge is 0.483 e. The van der Waals surface area contributed by atoms with Crippen molar-refractivity contribution in [2.24, 2.45) is 0 Å². The van der Waals surface area contributed by atoms with Crippen molar-refractivity contribution in [1.29, 1.82) is 5.26 Å². The minimum absolute atomic E-state index is 0.250. The van der Waals surface area contributed by atoms with Crippen LogP contribution in [0.5, 0.6) is 0 Å². The summed E-state index contributed by atoms with van der Waals surface area (Å²) >= 11 is 0. The van der Waals surface area contributed by atoms with Gasteiger partial charge in [0, 0.05) is 0 Å². The maximum absolute atomic E-state index is 8.36. The molecule has 0 radical (unpaired) electrons. The zero-order valence-electron chi connectivity index (χ0n) is 6.88. The van der Waals surface area contributed by atoms with Gasteiger partial charge in [-0.15, -0.1) is 0 Å². The van der Waals surface area contributed by atoms with Gasteiger partial charge in [-0.25, -0.2) is 0 Å². The molecule has 13 heavy (non-hydrogen) atoms. The number of nitriles is 1. The molecule has 0 aliphatic rings. The third-order valence-electron chi connectivity index (χ3n) is 1.15. The Kier molecular flexibility index (Phi) is 6.82. The Bertz CT molecular complexity index is 266. The van der Waals surface area contributed by atoms with Gasteiger partial charge in [0.15, 0.2) is 0 Å². The van der Waals surface area contributed by atoms with Crippen LogP contribution in [-0.4, -0.2) is 11.6 Å². The van der Waals surface area contributed by atoms with E-state index in [2.05, 4.69) is 4.74 Å². The van der Waals surface area contributed by atoms with Gasteiger partial charge in [-0.1, -0.05) is 30.3 Å². The number of hydrogen-bond donors (Lipinski definition) is 1. The fourth-order valence-electron chi connectivity index (χ4n) is 0.690. The second-order valence-electron chi connectivity index (χ2n) is 1.97. The molecule has 1 aromatic rings. The molecule has 1 N–H and O–H groups in total. The lowest BCUT2D eigenvalue weighted by molar-refractivity contribution is -0.122. The van der Waals surface area contributed by atoms with Crippen LogP contribution in [0.25, 0.3) is 0 Å². The highest BCUT2D eigenvalue weighted by atomic mass is 16.5. The monoisotopic (exact) mass is 179 g/mol. The van der Waals surface area contributed by atoms with Crippen molar-refractivity contribution in [1.82, 2.24) is 0 Å². The van der Waals surface area contributed by atoms with Crippen LogP contribution < -0.4 is 0 Å². The standard InChI is InChI=1S/C8H7NO.CH2O2/c9-7-10-6-8-4-2-1-3-5-8;2-1-3/h1-5H,6H2;1H,(H,2,3). The van der Waals surface area contributed by atoms with E-state index in [0.717, 1.165) is 5.56 Å². The van der Waals surface area contributed by atoms with E-state index < -0.39 is 0 Å². The van der Waals surface area contributed by atoms with E-state index in [0.29, 0.717) is 6.61 Å². The smallest absolute Gasteiger partial charge is 0.290 e. The summed E-state index contributed by atoms with van der Waals surface area (Å²) in [6.07, 6.45) is 1.62. The average molecular weight is 179 g/mol. The first-order valence-electron chi connectivity index (χ1n) is 3.47. The Morgan fingerprint density at radius 3 is 2.46 bits per heavy atom. The molecule has 0 unspecified atom stereocenters. The van der Waals surface area contributed by atoms with Crippen LogP contribution in [-0.2, 0) is 16.1 Å². The maximum Gasteiger partial charge on any atom is 0.290 e. The van der Waals surface area contributed by atoms with E-state index >= 15 is 0 Å². The molecule has 0 aliphatic carbocycles. The molecule has 4 nitrogen and oxygen atoms in total. The third-order valence-corrected chi connectivity index (χ3v) is 1.15. The average Bonchev–Trinajstić information content (AvgIpc) is 2.18. The fraction of sp³-hybridized carbons (Fsp3) is 0.111. The molecule has 0 saturated carbocycles. The van der Waals surface area contributed by atoms with Gasteiger partial charge >= 0.3 is 0 Å². The molecule has 68 valence electrons. The third kappa shape index (κ3) is 6.38. The predicted molar refractivity (Wildman–Crippen MR) is 45.5 cm³/mol. The first kappa shape index (κ1) is 11.0.